The van der Waals surface area contributed by atoms with Crippen LogP contribution in [0.5, 0.6) is 11.5 Å². The van der Waals surface area contributed by atoms with Gasteiger partial charge in [-0.25, -0.2) is 0 Å². The van der Waals surface area contributed by atoms with Crippen LogP contribution in [0.4, 0.5) is 11.4 Å². The lowest BCUT2D eigenvalue weighted by Crippen LogP contribution is -1.90. The molecule has 0 aromatic heterocycles. The zero-order chi connectivity index (χ0) is 8.43. The first-order valence-corrected chi connectivity index (χ1v) is 3.91. The maximum atomic E-state index is 9.01. The predicted octanol–water partition coefficient (Wildman–Crippen LogP) is 1.44. The first-order chi connectivity index (χ1) is 5.15. The van der Waals surface area contributed by atoms with Gasteiger partial charge in [-0.15, -0.1) is 0 Å². The molecule has 4 nitrogen and oxygen atoms in total. The molecule has 1 aromatic rings. The topological polar surface area (TPSA) is 78.5 Å². The molecule has 1 aromatic carbocycles. The Morgan fingerprint density at radius 1 is 1.27 bits per heavy atom. The third-order valence-corrected chi connectivity index (χ3v) is 1.83. The maximum Gasteiger partial charge on any atom is 0.159 e. The zero-order valence-corrected chi connectivity index (χ0v) is 7.66. The van der Waals surface area contributed by atoms with E-state index >= 15 is 0 Å². The third-order valence-electron chi connectivity index (χ3n) is 1.25. The van der Waals surface area contributed by atoms with Crippen LogP contribution in [0.3, 0.4) is 0 Å². The normalized spacial score (nSPS) is 9.55. The highest BCUT2D eigenvalue weighted by atomic mass is 127. The number of hydrogen-bond donors (Lipinski definition) is 4. The van der Waals surface area contributed by atoms with E-state index in [4.69, 9.17) is 15.9 Å². The first kappa shape index (κ1) is 8.25. The van der Waals surface area contributed by atoms with Gasteiger partial charge in [-0.05, 0) is 0 Å². The van der Waals surface area contributed by atoms with Crippen molar-refractivity contribution in [3.63, 3.8) is 0 Å². The van der Waals surface area contributed by atoms with Crippen molar-refractivity contribution in [1.29, 1.82) is 0 Å². The van der Waals surface area contributed by atoms with E-state index in [2.05, 4.69) is 3.53 Å². The molecule has 60 valence electrons. The minimum Gasteiger partial charge on any atom is -0.504 e. The number of hydrogen-bond acceptors (Lipinski definition) is 4. The summed E-state index contributed by atoms with van der Waals surface area (Å²) in [7, 11) is 0. The third kappa shape index (κ3) is 1.59. The summed E-state index contributed by atoms with van der Waals surface area (Å²) in [6.07, 6.45) is 0. The van der Waals surface area contributed by atoms with E-state index in [1.54, 1.807) is 0 Å². The predicted molar refractivity (Wildman–Crippen MR) is 51.8 cm³/mol. The number of benzene rings is 1. The summed E-state index contributed by atoms with van der Waals surface area (Å²) in [6.45, 7) is 0. The number of anilines is 2. The molecule has 0 amide bonds. The van der Waals surface area contributed by atoms with Crippen LogP contribution < -0.4 is 9.26 Å². The van der Waals surface area contributed by atoms with Gasteiger partial charge < -0.3 is 19.5 Å². The fourth-order valence-electron chi connectivity index (χ4n) is 0.675. The van der Waals surface area contributed by atoms with Crippen LogP contribution in [0, 0.1) is 0 Å². The second-order valence-electron chi connectivity index (χ2n) is 2.02. The fraction of sp³-hybridized carbons (Fsp3) is 0. The average molecular weight is 266 g/mol. The van der Waals surface area contributed by atoms with Gasteiger partial charge in [0.2, 0.25) is 0 Å². The minimum absolute atomic E-state index is 0.182. The lowest BCUT2D eigenvalue weighted by atomic mass is 10.2. The molecule has 0 radical (unpaired) electrons. The summed E-state index contributed by atoms with van der Waals surface area (Å²) in [5, 5.41) is 18.0. The maximum absolute atomic E-state index is 9.01. The molecular weight excluding hydrogens is 259 g/mol. The second-order valence-corrected chi connectivity index (χ2v) is 2.56. The quantitative estimate of drug-likeness (QED) is 0.204. The van der Waals surface area contributed by atoms with Crippen molar-refractivity contribution in [3.8, 4) is 11.5 Å². The van der Waals surface area contributed by atoms with Crippen LogP contribution in [0.25, 0.3) is 0 Å². The molecule has 0 atom stereocenters. The molecule has 0 fully saturated rings. The van der Waals surface area contributed by atoms with E-state index < -0.39 is 0 Å². The van der Waals surface area contributed by atoms with E-state index in [0.717, 1.165) is 0 Å². The number of phenols is 2. The Balaban J connectivity index is 3.21. The Morgan fingerprint density at radius 3 is 2.36 bits per heavy atom. The molecule has 0 unspecified atom stereocenters. The molecule has 0 saturated heterocycles. The highest BCUT2D eigenvalue weighted by molar-refractivity contribution is 14.1. The molecule has 0 bridgehead atoms. The highest BCUT2D eigenvalue weighted by Gasteiger charge is 2.03. The molecule has 0 aliphatic rings. The molecule has 0 heterocycles. The van der Waals surface area contributed by atoms with Crippen LogP contribution in [0.1, 0.15) is 0 Å². The van der Waals surface area contributed by atoms with Crippen molar-refractivity contribution in [1.82, 2.24) is 0 Å². The monoisotopic (exact) mass is 266 g/mol. The van der Waals surface area contributed by atoms with E-state index in [-0.39, 0.29) is 11.5 Å². The lowest BCUT2D eigenvalue weighted by Gasteiger charge is -2.04. The number of nitrogen functional groups attached to an aromatic ring is 1. The van der Waals surface area contributed by atoms with Crippen molar-refractivity contribution < 1.29 is 10.2 Å². The Labute approximate surface area is 77.5 Å². The van der Waals surface area contributed by atoms with Crippen LogP contribution in [-0.2, 0) is 0 Å². The Bertz CT molecular complexity index is 278. The first-order valence-electron chi connectivity index (χ1n) is 2.83. The van der Waals surface area contributed by atoms with Gasteiger partial charge in [-0.3, -0.25) is 0 Å². The number of rotatable bonds is 1. The van der Waals surface area contributed by atoms with E-state index in [1.165, 1.54) is 12.1 Å². The van der Waals surface area contributed by atoms with Gasteiger partial charge in [0.05, 0.1) is 34.2 Å². The standard InChI is InChI=1S/C6H7IN2O2/c7-9-4-2-6(11)5(10)1-3(4)8/h1-2,9-11H,8H2. The van der Waals surface area contributed by atoms with Crippen molar-refractivity contribution in [3.05, 3.63) is 12.1 Å². The van der Waals surface area contributed by atoms with Gasteiger partial charge in [-0.2, -0.15) is 0 Å². The minimum atomic E-state index is -0.210. The summed E-state index contributed by atoms with van der Waals surface area (Å²) in [5.74, 6) is -0.392. The van der Waals surface area contributed by atoms with Crippen LogP contribution in [-0.4, -0.2) is 10.2 Å². The molecule has 0 saturated carbocycles. The molecule has 0 aliphatic heterocycles. The highest BCUT2D eigenvalue weighted by Crippen LogP contribution is 2.33. The fourth-order valence-corrected chi connectivity index (χ4v) is 1.14. The smallest absolute Gasteiger partial charge is 0.159 e. The van der Waals surface area contributed by atoms with Crippen molar-refractivity contribution >= 4 is 34.2 Å². The zero-order valence-electron chi connectivity index (χ0n) is 5.50. The van der Waals surface area contributed by atoms with Gasteiger partial charge in [0.25, 0.3) is 0 Å². The molecular formula is C6H7IN2O2. The van der Waals surface area contributed by atoms with E-state index in [9.17, 15) is 0 Å². The second kappa shape index (κ2) is 3.04. The van der Waals surface area contributed by atoms with Gasteiger partial charge in [-0.1, -0.05) is 0 Å². The Hall–Kier alpha value is -0.850. The van der Waals surface area contributed by atoms with Gasteiger partial charge in [0.15, 0.2) is 11.5 Å². The molecule has 5 N–H and O–H groups in total. The largest absolute Gasteiger partial charge is 0.504 e. The summed E-state index contributed by atoms with van der Waals surface area (Å²) in [4.78, 5) is 0. The number of nitrogens with two attached hydrogens (primary N) is 1. The molecule has 1 rings (SSSR count). The van der Waals surface area contributed by atoms with E-state index in [0.29, 0.717) is 11.4 Å². The van der Waals surface area contributed by atoms with Crippen LogP contribution in [0.2, 0.25) is 0 Å². The Kier molecular flexibility index (Phi) is 2.28. The molecule has 5 heteroatoms. The van der Waals surface area contributed by atoms with Crippen LogP contribution >= 0.6 is 22.9 Å². The number of aromatic hydroxyl groups is 2. The summed E-state index contributed by atoms with van der Waals surface area (Å²) < 4.78 is 2.74. The number of nitrogens with one attached hydrogen (secondary N) is 1. The van der Waals surface area contributed by atoms with E-state index in [1.807, 2.05) is 22.9 Å². The van der Waals surface area contributed by atoms with Gasteiger partial charge >= 0.3 is 0 Å². The molecule has 0 aliphatic carbocycles. The number of phenolic OH excluding ortho intramolecular Hbond substituents is 2. The van der Waals surface area contributed by atoms with Crippen molar-refractivity contribution in [2.75, 3.05) is 9.26 Å². The average Bonchev–Trinajstić information content (AvgIpc) is 1.97. The summed E-state index contributed by atoms with van der Waals surface area (Å²) in [5.41, 5.74) is 6.44. The van der Waals surface area contributed by atoms with Crippen LogP contribution in [0.15, 0.2) is 12.1 Å². The lowest BCUT2D eigenvalue weighted by molar-refractivity contribution is 0.404. The SMILES string of the molecule is Nc1cc(O)c(O)cc1NI. The van der Waals surface area contributed by atoms with Gasteiger partial charge in [0, 0.05) is 12.1 Å². The molecule has 11 heavy (non-hydrogen) atoms. The van der Waals surface area contributed by atoms with Crippen molar-refractivity contribution in [2.24, 2.45) is 0 Å². The van der Waals surface area contributed by atoms with Gasteiger partial charge in [0.1, 0.15) is 0 Å². The summed E-state index contributed by atoms with van der Waals surface area (Å²) in [6, 6.07) is 2.65. The summed E-state index contributed by atoms with van der Waals surface area (Å²) >= 11 is 1.88. The Morgan fingerprint density at radius 2 is 1.82 bits per heavy atom. The molecule has 0 spiro atoms. The number of halogens is 1. The van der Waals surface area contributed by atoms with Crippen molar-refractivity contribution in [2.45, 2.75) is 0 Å².